The van der Waals surface area contributed by atoms with E-state index in [2.05, 4.69) is 13.8 Å². The zero-order valence-electron chi connectivity index (χ0n) is 22.0. The van der Waals surface area contributed by atoms with Crippen LogP contribution in [0.4, 0.5) is 0 Å². The van der Waals surface area contributed by atoms with E-state index in [1.165, 1.54) is 83.5 Å². The van der Waals surface area contributed by atoms with E-state index >= 15 is 0 Å². The first-order chi connectivity index (χ1) is 16.0. The van der Waals surface area contributed by atoms with Crippen LogP contribution in [0.3, 0.4) is 0 Å². The normalized spacial score (nSPS) is 15.3. The molecule has 0 aromatic rings. The van der Waals surface area contributed by atoms with E-state index in [0.29, 0.717) is 12.8 Å². The minimum Gasteiger partial charge on any atom is -0.391 e. The molecule has 5 N–H and O–H groups in total. The van der Waals surface area contributed by atoms with Gasteiger partial charge in [0.05, 0.1) is 12.1 Å². The van der Waals surface area contributed by atoms with Gasteiger partial charge in [-0.3, -0.25) is 4.79 Å². The second-order valence-electron chi connectivity index (χ2n) is 10.1. The number of hydrogen-bond donors (Lipinski definition) is 4. The van der Waals surface area contributed by atoms with Gasteiger partial charge in [0.15, 0.2) is 5.78 Å². The lowest BCUT2D eigenvalue weighted by molar-refractivity contribution is -0.138. The van der Waals surface area contributed by atoms with Crippen LogP contribution in [0, 0.1) is 0 Å². The molecule has 5 nitrogen and oxygen atoms in total. The third-order valence-electron chi connectivity index (χ3n) is 6.86. The number of aliphatic hydroxyl groups is 3. The molecule has 0 amide bonds. The molecule has 33 heavy (non-hydrogen) atoms. The van der Waals surface area contributed by atoms with Crippen LogP contribution in [0.25, 0.3) is 0 Å². The molecule has 0 aromatic carbocycles. The number of unbranched alkanes of at least 4 members (excludes halogenated alkanes) is 17. The average Bonchev–Trinajstić information content (AvgIpc) is 2.82. The van der Waals surface area contributed by atoms with E-state index in [4.69, 9.17) is 5.73 Å². The van der Waals surface area contributed by atoms with Crippen LogP contribution in [0.5, 0.6) is 0 Å². The average molecular weight is 472 g/mol. The summed E-state index contributed by atoms with van der Waals surface area (Å²) in [6, 6.07) is -1.03. The summed E-state index contributed by atoms with van der Waals surface area (Å²) in [6.45, 7) is 4.42. The maximum Gasteiger partial charge on any atom is 0.191 e. The summed E-state index contributed by atoms with van der Waals surface area (Å²) in [4.78, 5) is 12.3. The van der Waals surface area contributed by atoms with Crippen LogP contribution in [-0.4, -0.2) is 45.5 Å². The maximum absolute atomic E-state index is 12.3. The summed E-state index contributed by atoms with van der Waals surface area (Å²) in [5.74, 6) is -0.652. The quantitative estimate of drug-likeness (QED) is 0.119. The lowest BCUT2D eigenvalue weighted by Crippen LogP contribution is -2.51. The van der Waals surface area contributed by atoms with Gasteiger partial charge in [0, 0.05) is 0 Å². The Kier molecular flexibility index (Phi) is 22.9. The number of rotatable bonds is 25. The zero-order chi connectivity index (χ0) is 24.7. The van der Waals surface area contributed by atoms with Gasteiger partial charge in [-0.2, -0.15) is 0 Å². The zero-order valence-corrected chi connectivity index (χ0v) is 22.0. The van der Waals surface area contributed by atoms with Gasteiger partial charge in [-0.25, -0.2) is 0 Å². The van der Waals surface area contributed by atoms with E-state index in [0.717, 1.165) is 38.5 Å². The van der Waals surface area contributed by atoms with Gasteiger partial charge >= 0.3 is 0 Å². The van der Waals surface area contributed by atoms with Crippen molar-refractivity contribution in [3.63, 3.8) is 0 Å². The molecule has 0 rings (SSSR count). The van der Waals surface area contributed by atoms with E-state index in [9.17, 15) is 20.1 Å². The van der Waals surface area contributed by atoms with Gasteiger partial charge in [-0.15, -0.1) is 0 Å². The molecule has 0 aliphatic rings. The van der Waals surface area contributed by atoms with Gasteiger partial charge in [-0.1, -0.05) is 136 Å². The number of ketones is 1. The number of carbonyl (C=O) groups is 1. The molecular weight excluding hydrogens is 414 g/mol. The minimum atomic E-state index is -1.50. The van der Waals surface area contributed by atoms with Crippen molar-refractivity contribution in [3.8, 4) is 0 Å². The number of hydrogen-bond acceptors (Lipinski definition) is 5. The van der Waals surface area contributed by atoms with Crippen molar-refractivity contribution in [1.82, 2.24) is 0 Å². The second-order valence-corrected chi connectivity index (χ2v) is 10.1. The number of aliphatic hydroxyl groups excluding tert-OH is 3. The Bertz CT molecular complexity index is 432. The molecule has 0 heterocycles. The smallest absolute Gasteiger partial charge is 0.191 e. The Morgan fingerprint density at radius 2 is 0.909 bits per heavy atom. The molecule has 0 aromatic heterocycles. The fraction of sp³-hybridized carbons (Fsp3) is 0.964. The summed E-state index contributed by atoms with van der Waals surface area (Å²) in [5, 5.41) is 30.6. The van der Waals surface area contributed by atoms with E-state index in [-0.39, 0.29) is 0 Å². The lowest BCUT2D eigenvalue weighted by Gasteiger charge is -2.24. The largest absolute Gasteiger partial charge is 0.391 e. The van der Waals surface area contributed by atoms with Crippen molar-refractivity contribution in [2.24, 2.45) is 5.73 Å². The molecule has 5 heteroatoms. The molecule has 4 atom stereocenters. The maximum atomic E-state index is 12.3. The molecule has 0 bridgehead atoms. The highest BCUT2D eigenvalue weighted by molar-refractivity contribution is 5.87. The topological polar surface area (TPSA) is 104 Å². The van der Waals surface area contributed by atoms with Crippen LogP contribution in [0.1, 0.15) is 149 Å². The molecule has 0 aliphatic carbocycles. The number of Topliss-reactive ketones (excluding diaryl/α,β-unsaturated/α-hetero) is 1. The highest BCUT2D eigenvalue weighted by atomic mass is 16.3. The lowest BCUT2D eigenvalue weighted by atomic mass is 9.93. The second kappa shape index (κ2) is 23.3. The van der Waals surface area contributed by atoms with Crippen molar-refractivity contribution in [2.45, 2.75) is 173 Å². The number of nitrogens with two attached hydrogens (primary N) is 1. The van der Waals surface area contributed by atoms with Gasteiger partial charge < -0.3 is 21.1 Å². The van der Waals surface area contributed by atoms with Crippen molar-refractivity contribution in [2.75, 3.05) is 0 Å². The summed E-state index contributed by atoms with van der Waals surface area (Å²) >= 11 is 0. The Morgan fingerprint density at radius 1 is 0.576 bits per heavy atom. The molecule has 0 saturated carbocycles. The monoisotopic (exact) mass is 471 g/mol. The first-order valence-corrected chi connectivity index (χ1v) is 14.3. The predicted molar refractivity (Wildman–Crippen MR) is 139 cm³/mol. The van der Waals surface area contributed by atoms with Crippen molar-refractivity contribution in [3.05, 3.63) is 0 Å². The van der Waals surface area contributed by atoms with Gasteiger partial charge in [0.25, 0.3) is 0 Å². The van der Waals surface area contributed by atoms with Gasteiger partial charge in [0.2, 0.25) is 0 Å². The molecule has 198 valence electrons. The van der Waals surface area contributed by atoms with Gasteiger partial charge in [-0.05, 0) is 12.8 Å². The fourth-order valence-corrected chi connectivity index (χ4v) is 4.42. The highest BCUT2D eigenvalue weighted by Crippen LogP contribution is 2.16. The Balaban J connectivity index is 3.75. The predicted octanol–water partition coefficient (Wildman–Crippen LogP) is 6.20. The Labute approximate surface area is 204 Å². The van der Waals surface area contributed by atoms with Crippen molar-refractivity contribution >= 4 is 5.78 Å². The molecule has 0 fully saturated rings. The standard InChI is InChI=1S/C28H57NO4/c1-3-5-7-9-11-12-13-14-15-16-17-19-20-22-24(30)26(29)28(33)27(32)25(31)23-21-18-10-8-6-4-2/h24-26,28,30-31,33H,3-23,29H2,1-2H3/t24-,25?,26+,28?/m1/s1. The van der Waals surface area contributed by atoms with Crippen molar-refractivity contribution < 1.29 is 20.1 Å². The van der Waals surface area contributed by atoms with Gasteiger partial charge in [0.1, 0.15) is 12.2 Å². The third-order valence-corrected chi connectivity index (χ3v) is 6.86. The Morgan fingerprint density at radius 3 is 1.30 bits per heavy atom. The molecule has 0 aliphatic heterocycles. The fourth-order valence-electron chi connectivity index (χ4n) is 4.42. The number of carbonyl (C=O) groups excluding carboxylic acids is 1. The third kappa shape index (κ3) is 18.5. The summed E-state index contributed by atoms with van der Waals surface area (Å²) in [7, 11) is 0. The SMILES string of the molecule is CCCCCCCCCCCCCCC[C@@H](O)[C@H](N)C(O)C(=O)C(O)CCCCCCCC. The first-order valence-electron chi connectivity index (χ1n) is 14.3. The van der Waals surface area contributed by atoms with Crippen LogP contribution < -0.4 is 5.73 Å². The minimum absolute atomic E-state index is 0.351. The van der Waals surface area contributed by atoms with Crippen LogP contribution in [-0.2, 0) is 4.79 Å². The summed E-state index contributed by atoms with van der Waals surface area (Å²) < 4.78 is 0. The highest BCUT2D eigenvalue weighted by Gasteiger charge is 2.32. The summed E-state index contributed by atoms with van der Waals surface area (Å²) in [5.41, 5.74) is 5.92. The van der Waals surface area contributed by atoms with Crippen molar-refractivity contribution in [1.29, 1.82) is 0 Å². The van der Waals surface area contributed by atoms with Crippen LogP contribution in [0.2, 0.25) is 0 Å². The molecular formula is C28H57NO4. The molecule has 0 spiro atoms. The molecule has 0 saturated heterocycles. The van der Waals surface area contributed by atoms with E-state index < -0.39 is 30.1 Å². The van der Waals surface area contributed by atoms with E-state index in [1.807, 2.05) is 0 Å². The Hall–Kier alpha value is -0.490. The molecule has 2 unspecified atom stereocenters. The van der Waals surface area contributed by atoms with Crippen LogP contribution in [0.15, 0.2) is 0 Å². The first kappa shape index (κ1) is 32.5. The summed E-state index contributed by atoms with van der Waals surface area (Å²) in [6.07, 6.45) is 20.0. The van der Waals surface area contributed by atoms with E-state index in [1.54, 1.807) is 0 Å². The van der Waals surface area contributed by atoms with Crippen LogP contribution >= 0.6 is 0 Å². The molecule has 0 radical (unpaired) electrons.